The minimum atomic E-state index is -1.34. The van der Waals surface area contributed by atoms with Gasteiger partial charge in [-0.15, -0.1) is 0 Å². The lowest BCUT2D eigenvalue weighted by Gasteiger charge is -2.34. The average Bonchev–Trinajstić information content (AvgIpc) is 2.54. The highest BCUT2D eigenvalue weighted by atomic mass is 28.3. The van der Waals surface area contributed by atoms with Crippen LogP contribution in [0, 0.1) is 11.6 Å². The molecule has 1 aliphatic heterocycles. The Morgan fingerprint density at radius 1 is 1.00 bits per heavy atom. The standard InChI is InChI=1S/C20H26F2N2Si/c1-25(2,3)17-6-4-5-15(11-17)14-7-9-24(10-8-14)20-18(21)12-16(23)13-19(20)22/h4-6,11-14H,7-10,23H2,1-3H3. The highest BCUT2D eigenvalue weighted by Gasteiger charge is 2.26. The molecule has 1 saturated heterocycles. The molecular formula is C20H26F2N2Si. The maximum Gasteiger partial charge on any atom is 0.151 e. The number of nitrogens with zero attached hydrogens (tertiary/aromatic N) is 1. The van der Waals surface area contributed by atoms with E-state index in [9.17, 15) is 8.78 Å². The number of nitrogen functional groups attached to an aromatic ring is 1. The molecule has 0 amide bonds. The van der Waals surface area contributed by atoms with Crippen LogP contribution in [0.3, 0.4) is 0 Å². The second-order valence-corrected chi connectivity index (χ2v) is 13.0. The topological polar surface area (TPSA) is 29.3 Å². The molecule has 0 unspecified atom stereocenters. The van der Waals surface area contributed by atoms with Crippen LogP contribution in [0.4, 0.5) is 20.2 Å². The van der Waals surface area contributed by atoms with Crippen LogP contribution in [0.25, 0.3) is 0 Å². The summed E-state index contributed by atoms with van der Waals surface area (Å²) in [6, 6.07) is 11.3. The number of nitrogens with two attached hydrogens (primary N) is 1. The third kappa shape index (κ3) is 3.87. The smallest absolute Gasteiger partial charge is 0.151 e. The zero-order valence-electron chi connectivity index (χ0n) is 15.2. The van der Waals surface area contributed by atoms with Crippen LogP contribution >= 0.6 is 0 Å². The van der Waals surface area contributed by atoms with Crippen LogP contribution in [0.15, 0.2) is 36.4 Å². The minimum absolute atomic E-state index is 0.0588. The lowest BCUT2D eigenvalue weighted by molar-refractivity contribution is 0.486. The highest BCUT2D eigenvalue weighted by Crippen LogP contribution is 2.33. The molecule has 2 nitrogen and oxygen atoms in total. The minimum Gasteiger partial charge on any atom is -0.399 e. The van der Waals surface area contributed by atoms with Gasteiger partial charge in [0.1, 0.15) is 5.69 Å². The van der Waals surface area contributed by atoms with Gasteiger partial charge in [-0.05, 0) is 36.5 Å². The molecule has 0 atom stereocenters. The third-order valence-corrected chi connectivity index (χ3v) is 7.12. The Labute approximate surface area is 149 Å². The third-order valence-electron chi connectivity index (χ3n) is 5.07. The molecule has 1 aliphatic rings. The van der Waals surface area contributed by atoms with Crippen molar-refractivity contribution in [3.8, 4) is 0 Å². The van der Waals surface area contributed by atoms with Gasteiger partial charge in [-0.3, -0.25) is 0 Å². The molecule has 2 aromatic carbocycles. The SMILES string of the molecule is C[Si](C)(C)c1cccc(C2CCN(c3c(F)cc(N)cc3F)CC2)c1. The summed E-state index contributed by atoms with van der Waals surface area (Å²) in [7, 11) is -1.34. The van der Waals surface area contributed by atoms with Crippen LogP contribution in [0.1, 0.15) is 24.3 Å². The van der Waals surface area contributed by atoms with Gasteiger partial charge in [0.05, 0.1) is 8.07 Å². The van der Waals surface area contributed by atoms with Crippen molar-refractivity contribution in [3.05, 3.63) is 53.6 Å². The van der Waals surface area contributed by atoms with Crippen LogP contribution in [-0.2, 0) is 0 Å². The van der Waals surface area contributed by atoms with Gasteiger partial charge in [-0.1, -0.05) is 49.1 Å². The summed E-state index contributed by atoms with van der Waals surface area (Å²) >= 11 is 0. The van der Waals surface area contributed by atoms with Gasteiger partial charge in [0.15, 0.2) is 11.6 Å². The first kappa shape index (κ1) is 17.9. The summed E-state index contributed by atoms with van der Waals surface area (Å²) < 4.78 is 28.3. The Balaban J connectivity index is 1.75. The normalized spacial score (nSPS) is 16.3. The monoisotopic (exact) mass is 360 g/mol. The Kier molecular flexibility index (Phi) is 4.87. The molecule has 1 heterocycles. The van der Waals surface area contributed by atoms with E-state index in [0.717, 1.165) is 12.8 Å². The van der Waals surface area contributed by atoms with Crippen LogP contribution < -0.4 is 15.8 Å². The van der Waals surface area contributed by atoms with Crippen molar-refractivity contribution in [2.24, 2.45) is 0 Å². The fraction of sp³-hybridized carbons (Fsp3) is 0.400. The predicted molar refractivity (Wildman–Crippen MR) is 104 cm³/mol. The number of rotatable bonds is 3. The molecule has 0 bridgehead atoms. The summed E-state index contributed by atoms with van der Waals surface area (Å²) in [5.74, 6) is -0.694. The van der Waals surface area contributed by atoms with Crippen molar-refractivity contribution in [2.45, 2.75) is 38.4 Å². The van der Waals surface area contributed by atoms with Crippen molar-refractivity contribution in [1.82, 2.24) is 0 Å². The van der Waals surface area contributed by atoms with E-state index in [-0.39, 0.29) is 11.4 Å². The summed E-state index contributed by atoms with van der Waals surface area (Å²) in [5.41, 5.74) is 7.05. The van der Waals surface area contributed by atoms with E-state index in [4.69, 9.17) is 5.73 Å². The van der Waals surface area contributed by atoms with E-state index in [1.54, 1.807) is 0 Å². The van der Waals surface area contributed by atoms with Gasteiger partial charge in [-0.25, -0.2) is 8.78 Å². The first-order chi connectivity index (χ1) is 11.8. The second-order valence-electron chi connectivity index (χ2n) is 7.97. The summed E-state index contributed by atoms with van der Waals surface area (Å²) in [6.45, 7) is 8.35. The Bertz CT molecular complexity index is 740. The molecule has 1 fully saturated rings. The van der Waals surface area contributed by atoms with E-state index < -0.39 is 19.7 Å². The van der Waals surface area contributed by atoms with E-state index >= 15 is 0 Å². The molecule has 5 heteroatoms. The molecule has 0 aliphatic carbocycles. The Morgan fingerprint density at radius 3 is 2.16 bits per heavy atom. The summed E-state index contributed by atoms with van der Waals surface area (Å²) in [5, 5.41) is 1.46. The van der Waals surface area contributed by atoms with Crippen LogP contribution in [0.5, 0.6) is 0 Å². The largest absolute Gasteiger partial charge is 0.399 e. The molecule has 3 rings (SSSR count). The van der Waals surface area contributed by atoms with Crippen molar-refractivity contribution < 1.29 is 8.78 Å². The number of piperidine rings is 1. The maximum absolute atomic E-state index is 14.1. The van der Waals surface area contributed by atoms with Crippen molar-refractivity contribution in [3.63, 3.8) is 0 Å². The van der Waals surface area contributed by atoms with Crippen LogP contribution in [-0.4, -0.2) is 21.2 Å². The number of hydrogen-bond donors (Lipinski definition) is 1. The first-order valence-electron chi connectivity index (χ1n) is 8.85. The zero-order chi connectivity index (χ0) is 18.2. The van der Waals surface area contributed by atoms with E-state index in [1.807, 2.05) is 4.90 Å². The molecular weight excluding hydrogens is 334 g/mol. The van der Waals surface area contributed by atoms with Gasteiger partial charge in [-0.2, -0.15) is 0 Å². The summed E-state index contributed by atoms with van der Waals surface area (Å²) in [4.78, 5) is 1.81. The Morgan fingerprint density at radius 2 is 1.60 bits per heavy atom. The van der Waals surface area contributed by atoms with Gasteiger partial charge >= 0.3 is 0 Å². The van der Waals surface area contributed by atoms with Crippen molar-refractivity contribution in [1.29, 1.82) is 0 Å². The number of anilines is 2. The number of hydrogen-bond acceptors (Lipinski definition) is 2. The van der Waals surface area contributed by atoms with E-state index in [1.165, 1.54) is 22.9 Å². The van der Waals surface area contributed by atoms with Crippen LogP contribution in [0.2, 0.25) is 19.6 Å². The number of halogens is 2. The van der Waals surface area contributed by atoms with Crippen molar-refractivity contribution in [2.75, 3.05) is 23.7 Å². The maximum atomic E-state index is 14.1. The molecule has 0 radical (unpaired) electrons. The van der Waals surface area contributed by atoms with Gasteiger partial charge < -0.3 is 10.6 Å². The predicted octanol–water partition coefficient (Wildman–Crippen LogP) is 4.48. The number of benzene rings is 2. The molecule has 0 saturated carbocycles. The fourth-order valence-electron chi connectivity index (χ4n) is 3.58. The first-order valence-corrected chi connectivity index (χ1v) is 12.4. The van der Waals surface area contributed by atoms with E-state index in [0.29, 0.717) is 19.0 Å². The molecule has 2 N–H and O–H groups in total. The molecule has 2 aromatic rings. The zero-order valence-corrected chi connectivity index (χ0v) is 16.2. The molecule has 134 valence electrons. The lowest BCUT2D eigenvalue weighted by atomic mass is 9.89. The fourth-order valence-corrected chi connectivity index (χ4v) is 4.78. The van der Waals surface area contributed by atoms with Gasteiger partial charge in [0.2, 0.25) is 0 Å². The van der Waals surface area contributed by atoms with Crippen molar-refractivity contribution >= 4 is 24.6 Å². The summed E-state index contributed by atoms with van der Waals surface area (Å²) in [6.07, 6.45) is 1.80. The molecule has 0 aromatic heterocycles. The average molecular weight is 361 g/mol. The molecule has 0 spiro atoms. The Hall–Kier alpha value is -1.88. The quantitative estimate of drug-likeness (QED) is 0.646. The van der Waals surface area contributed by atoms with E-state index in [2.05, 4.69) is 43.9 Å². The lowest BCUT2D eigenvalue weighted by Crippen LogP contribution is -2.38. The van der Waals surface area contributed by atoms with Gasteiger partial charge in [0.25, 0.3) is 0 Å². The molecule has 25 heavy (non-hydrogen) atoms. The second kappa shape index (κ2) is 6.79. The van der Waals surface area contributed by atoms with Gasteiger partial charge in [0, 0.05) is 18.8 Å². The highest BCUT2D eigenvalue weighted by molar-refractivity contribution is 6.88.